The normalized spacial score (nSPS) is 15.0. The molecule has 0 radical (unpaired) electrons. The highest BCUT2D eigenvalue weighted by molar-refractivity contribution is 7.89. The summed E-state index contributed by atoms with van der Waals surface area (Å²) in [4.78, 5) is 14.6. The van der Waals surface area contributed by atoms with Gasteiger partial charge in [-0.05, 0) is 49.1 Å². The van der Waals surface area contributed by atoms with Crippen LogP contribution in [0.5, 0.6) is 0 Å². The molecule has 3 rings (SSSR count). The van der Waals surface area contributed by atoms with Crippen molar-refractivity contribution >= 4 is 21.6 Å². The van der Waals surface area contributed by atoms with Crippen molar-refractivity contribution in [2.45, 2.75) is 37.0 Å². The summed E-state index contributed by atoms with van der Waals surface area (Å²) >= 11 is 0. The van der Waals surface area contributed by atoms with E-state index in [2.05, 4.69) is 10.2 Å². The maximum absolute atomic E-state index is 12.7. The fourth-order valence-electron chi connectivity index (χ4n) is 3.60. The average Bonchev–Trinajstić information content (AvgIpc) is 2.79. The van der Waals surface area contributed by atoms with Crippen molar-refractivity contribution in [3.63, 3.8) is 0 Å². The van der Waals surface area contributed by atoms with Gasteiger partial charge in [-0.3, -0.25) is 4.79 Å². The van der Waals surface area contributed by atoms with E-state index in [4.69, 9.17) is 0 Å². The fourth-order valence-corrected chi connectivity index (χ4v) is 5.12. The summed E-state index contributed by atoms with van der Waals surface area (Å²) < 4.78 is 27.0. The highest BCUT2D eigenvalue weighted by Gasteiger charge is 2.25. The van der Waals surface area contributed by atoms with Crippen LogP contribution in [0, 0.1) is 0 Å². The van der Waals surface area contributed by atoms with Crippen molar-refractivity contribution in [1.29, 1.82) is 0 Å². The molecule has 0 aliphatic carbocycles. The van der Waals surface area contributed by atoms with Gasteiger partial charge in [-0.25, -0.2) is 8.42 Å². The fraction of sp³-hybridized carbons (Fsp3) is 0.435. The van der Waals surface area contributed by atoms with Crippen molar-refractivity contribution in [1.82, 2.24) is 9.62 Å². The minimum Gasteiger partial charge on any atom is -0.373 e. The molecule has 0 saturated carbocycles. The molecule has 7 heteroatoms. The number of likely N-dealkylation sites (N-methyl/N-ethyl adjacent to an activating group) is 1. The molecule has 1 aliphatic heterocycles. The summed E-state index contributed by atoms with van der Waals surface area (Å²) in [5.74, 6) is 0.00137. The molecule has 0 atom stereocenters. The first-order chi connectivity index (χ1) is 14.5. The Morgan fingerprint density at radius 1 is 1.00 bits per heavy atom. The van der Waals surface area contributed by atoms with Crippen LogP contribution < -0.4 is 10.2 Å². The van der Waals surface area contributed by atoms with E-state index in [-0.39, 0.29) is 5.91 Å². The predicted octanol–water partition coefficient (Wildman–Crippen LogP) is 3.05. The van der Waals surface area contributed by atoms with E-state index in [1.54, 1.807) is 16.4 Å². The van der Waals surface area contributed by atoms with Crippen LogP contribution in [0.1, 0.15) is 31.2 Å². The number of hydrogen-bond acceptors (Lipinski definition) is 4. The first-order valence-electron chi connectivity index (χ1n) is 10.6. The highest BCUT2D eigenvalue weighted by atomic mass is 32.2. The lowest BCUT2D eigenvalue weighted by atomic mass is 10.1. The Labute approximate surface area is 179 Å². The Kier molecular flexibility index (Phi) is 7.87. The number of amides is 1. The van der Waals surface area contributed by atoms with Gasteiger partial charge in [-0.2, -0.15) is 4.31 Å². The molecule has 162 valence electrons. The second kappa shape index (κ2) is 10.6. The maximum atomic E-state index is 12.7. The van der Waals surface area contributed by atoms with Crippen LogP contribution in [0.25, 0.3) is 0 Å². The van der Waals surface area contributed by atoms with Crippen LogP contribution >= 0.6 is 0 Å². The first-order valence-corrected chi connectivity index (χ1v) is 12.0. The number of carbonyl (C=O) groups is 1. The average molecular weight is 430 g/mol. The van der Waals surface area contributed by atoms with Crippen LogP contribution in [-0.4, -0.2) is 51.9 Å². The quantitative estimate of drug-likeness (QED) is 0.665. The van der Waals surface area contributed by atoms with Gasteiger partial charge in [0, 0.05) is 45.3 Å². The second-order valence-electron chi connectivity index (χ2n) is 7.72. The lowest BCUT2D eigenvalue weighted by Gasteiger charge is -2.25. The van der Waals surface area contributed by atoms with Gasteiger partial charge < -0.3 is 10.2 Å². The van der Waals surface area contributed by atoms with Crippen molar-refractivity contribution in [3.05, 3.63) is 60.2 Å². The van der Waals surface area contributed by atoms with Crippen LogP contribution in [0.2, 0.25) is 0 Å². The lowest BCUT2D eigenvalue weighted by molar-refractivity contribution is -0.120. The van der Waals surface area contributed by atoms with E-state index in [9.17, 15) is 13.2 Å². The third-order valence-electron chi connectivity index (χ3n) is 5.48. The van der Waals surface area contributed by atoms with Crippen LogP contribution in [-0.2, 0) is 21.2 Å². The number of anilines is 1. The Balaban J connectivity index is 1.42. The summed E-state index contributed by atoms with van der Waals surface area (Å²) in [7, 11) is -1.40. The minimum atomic E-state index is -3.40. The number of rotatable bonds is 9. The molecule has 6 nitrogen and oxygen atoms in total. The number of carbonyl (C=O) groups excluding carboxylic acids is 1. The van der Waals surface area contributed by atoms with E-state index < -0.39 is 10.0 Å². The second-order valence-corrected chi connectivity index (χ2v) is 9.65. The molecule has 2 aromatic carbocycles. The molecule has 30 heavy (non-hydrogen) atoms. The number of nitrogens with one attached hydrogen (secondary N) is 1. The molecule has 0 spiro atoms. The zero-order valence-corrected chi connectivity index (χ0v) is 18.4. The van der Waals surface area contributed by atoms with Crippen LogP contribution in [0.3, 0.4) is 0 Å². The first kappa shape index (κ1) is 22.3. The number of aryl methyl sites for hydroxylation is 1. The van der Waals surface area contributed by atoms with Crippen molar-refractivity contribution in [2.75, 3.05) is 38.1 Å². The molecule has 1 saturated heterocycles. The predicted molar refractivity (Wildman–Crippen MR) is 120 cm³/mol. The van der Waals surface area contributed by atoms with Crippen molar-refractivity contribution in [2.24, 2.45) is 0 Å². The number of hydrogen-bond donors (Lipinski definition) is 1. The summed E-state index contributed by atoms with van der Waals surface area (Å²) in [6.45, 7) is 2.52. The Hall–Kier alpha value is -2.38. The third-order valence-corrected chi connectivity index (χ3v) is 7.40. The number of nitrogens with zero attached hydrogens (tertiary/aromatic N) is 2. The molecular weight excluding hydrogens is 398 g/mol. The zero-order valence-electron chi connectivity index (χ0n) is 17.6. The van der Waals surface area contributed by atoms with Gasteiger partial charge in [-0.15, -0.1) is 0 Å². The summed E-state index contributed by atoms with van der Waals surface area (Å²) in [6.07, 6.45) is 3.91. The Morgan fingerprint density at radius 2 is 1.67 bits per heavy atom. The maximum Gasteiger partial charge on any atom is 0.243 e. The van der Waals surface area contributed by atoms with E-state index in [0.29, 0.717) is 37.4 Å². The van der Waals surface area contributed by atoms with E-state index in [1.807, 2.05) is 49.5 Å². The molecule has 1 fully saturated rings. The Morgan fingerprint density at radius 3 is 2.33 bits per heavy atom. The van der Waals surface area contributed by atoms with Gasteiger partial charge in [0.25, 0.3) is 0 Å². The summed E-state index contributed by atoms with van der Waals surface area (Å²) in [6, 6.07) is 17.0. The van der Waals surface area contributed by atoms with Crippen molar-refractivity contribution in [3.8, 4) is 0 Å². The van der Waals surface area contributed by atoms with Gasteiger partial charge in [-0.1, -0.05) is 36.8 Å². The van der Waals surface area contributed by atoms with E-state index in [0.717, 1.165) is 37.1 Å². The number of sulfonamides is 1. The Bertz CT molecular complexity index is 908. The molecule has 1 N–H and O–H groups in total. The molecule has 1 heterocycles. The molecule has 0 unspecified atom stereocenters. The zero-order chi connectivity index (χ0) is 21.4. The topological polar surface area (TPSA) is 69.7 Å². The van der Waals surface area contributed by atoms with E-state index in [1.165, 1.54) is 0 Å². The third kappa shape index (κ3) is 6.06. The smallest absolute Gasteiger partial charge is 0.243 e. The summed E-state index contributed by atoms with van der Waals surface area (Å²) in [5, 5.41) is 2.95. The van der Waals surface area contributed by atoms with Crippen molar-refractivity contribution < 1.29 is 13.2 Å². The van der Waals surface area contributed by atoms with Gasteiger partial charge in [0.15, 0.2) is 0 Å². The molecule has 1 amide bonds. The summed E-state index contributed by atoms with van der Waals surface area (Å²) in [5.41, 5.74) is 2.08. The van der Waals surface area contributed by atoms with Gasteiger partial charge in [0.1, 0.15) is 0 Å². The number of benzene rings is 2. The number of para-hydroxylation sites is 1. The molecule has 1 aliphatic rings. The minimum absolute atomic E-state index is 0.00137. The standard InChI is InChI=1S/C23H31N3O3S/c1-25(21-8-4-2-5-9-21)19-16-24-23(27)15-12-20-10-13-22(14-11-20)30(28,29)26-17-6-3-7-18-26/h2,4-5,8-11,13-14H,3,6-7,12,15-19H2,1H3,(H,24,27). The monoisotopic (exact) mass is 429 g/mol. The van der Waals surface area contributed by atoms with Crippen LogP contribution in [0.4, 0.5) is 5.69 Å². The van der Waals surface area contributed by atoms with E-state index >= 15 is 0 Å². The van der Waals surface area contributed by atoms with Gasteiger partial charge in [0.05, 0.1) is 4.90 Å². The highest BCUT2D eigenvalue weighted by Crippen LogP contribution is 2.21. The largest absolute Gasteiger partial charge is 0.373 e. The lowest BCUT2D eigenvalue weighted by Crippen LogP contribution is -2.35. The van der Waals surface area contributed by atoms with Crippen LogP contribution in [0.15, 0.2) is 59.5 Å². The van der Waals surface area contributed by atoms with Gasteiger partial charge >= 0.3 is 0 Å². The molecule has 2 aromatic rings. The van der Waals surface area contributed by atoms with Gasteiger partial charge in [0.2, 0.25) is 15.9 Å². The SMILES string of the molecule is CN(CCNC(=O)CCc1ccc(S(=O)(=O)N2CCCCC2)cc1)c1ccccc1. The number of piperidine rings is 1. The molecule has 0 bridgehead atoms. The molecular formula is C23H31N3O3S. The molecule has 0 aromatic heterocycles.